The van der Waals surface area contributed by atoms with E-state index < -0.39 is 39.5 Å². The normalized spacial score (nSPS) is 18.7. The van der Waals surface area contributed by atoms with Crippen LogP contribution < -0.4 is 4.74 Å². The van der Waals surface area contributed by atoms with Gasteiger partial charge in [-0.3, -0.25) is 4.79 Å². The molecule has 1 saturated heterocycles. The molecule has 30 heavy (non-hydrogen) atoms. The minimum absolute atomic E-state index is 0.0581. The number of ether oxygens (including phenoxy) is 1. The Bertz CT molecular complexity index is 1010. The Morgan fingerprint density at radius 3 is 2.50 bits per heavy atom. The Morgan fingerprint density at radius 1 is 1.20 bits per heavy atom. The van der Waals surface area contributed by atoms with Crippen molar-refractivity contribution in [3.63, 3.8) is 0 Å². The number of carbonyl (C=O) groups is 1. The van der Waals surface area contributed by atoms with Gasteiger partial charge in [0, 0.05) is 16.6 Å². The van der Waals surface area contributed by atoms with Gasteiger partial charge in [0.2, 0.25) is 0 Å². The maximum atomic E-state index is 14.4. The first-order valence-electron chi connectivity index (χ1n) is 9.57. The van der Waals surface area contributed by atoms with Gasteiger partial charge in [-0.1, -0.05) is 36.7 Å². The zero-order valence-electron chi connectivity index (χ0n) is 16.4. The van der Waals surface area contributed by atoms with E-state index >= 15 is 0 Å². The number of amides is 1. The molecular formula is C21H22ClF2NO4S. The number of para-hydroxylation sites is 1. The lowest BCUT2D eigenvalue weighted by molar-refractivity contribution is -0.141. The summed E-state index contributed by atoms with van der Waals surface area (Å²) in [5, 5.41) is 0.136. The number of hydrogen-bond acceptors (Lipinski definition) is 4. The largest absolute Gasteiger partial charge is 0.478 e. The number of benzene rings is 2. The fourth-order valence-corrected chi connectivity index (χ4v) is 5.40. The molecular weight excluding hydrogens is 436 g/mol. The summed E-state index contributed by atoms with van der Waals surface area (Å²) < 4.78 is 58.0. The Labute approximate surface area is 179 Å². The third-order valence-corrected chi connectivity index (χ3v) is 7.18. The monoisotopic (exact) mass is 457 g/mol. The van der Waals surface area contributed by atoms with E-state index in [-0.39, 0.29) is 47.2 Å². The molecule has 9 heteroatoms. The van der Waals surface area contributed by atoms with Gasteiger partial charge in [-0.15, -0.1) is 0 Å². The summed E-state index contributed by atoms with van der Waals surface area (Å²) in [5.74, 6) is -2.11. The van der Waals surface area contributed by atoms with Crippen LogP contribution >= 0.6 is 11.6 Å². The standard InChI is InChI=1S/C21H22ClF2NO4S/c1-2-19(29-20-9-4-3-7-18(20)24)21(26)25(14-10-11-30(27,28)13-14)12-15-16(22)6-5-8-17(15)23/h3-9,14,19H,2,10-13H2,1H3/t14-,19+/m0/s1. The van der Waals surface area contributed by atoms with Crippen LogP contribution in [0.15, 0.2) is 42.5 Å². The van der Waals surface area contributed by atoms with Gasteiger partial charge in [0.25, 0.3) is 5.91 Å². The lowest BCUT2D eigenvalue weighted by Crippen LogP contribution is -2.47. The summed E-state index contributed by atoms with van der Waals surface area (Å²) in [6.07, 6.45) is -0.611. The van der Waals surface area contributed by atoms with E-state index in [1.165, 1.54) is 41.3 Å². The molecule has 1 aliphatic heterocycles. The summed E-state index contributed by atoms with van der Waals surface area (Å²) in [5.41, 5.74) is 0.0950. The van der Waals surface area contributed by atoms with Crippen molar-refractivity contribution >= 4 is 27.3 Å². The molecule has 0 saturated carbocycles. The van der Waals surface area contributed by atoms with Crippen molar-refractivity contribution in [2.24, 2.45) is 0 Å². The SMILES string of the molecule is CC[C@@H](Oc1ccccc1F)C(=O)N(Cc1c(F)cccc1Cl)[C@H]1CCS(=O)(=O)C1. The zero-order chi connectivity index (χ0) is 21.9. The van der Waals surface area contributed by atoms with E-state index in [0.29, 0.717) is 0 Å². The van der Waals surface area contributed by atoms with Crippen LogP contribution in [0.2, 0.25) is 5.02 Å². The van der Waals surface area contributed by atoms with Crippen molar-refractivity contribution in [2.75, 3.05) is 11.5 Å². The summed E-state index contributed by atoms with van der Waals surface area (Å²) in [7, 11) is -3.31. The van der Waals surface area contributed by atoms with E-state index in [1.807, 2.05) is 0 Å². The predicted octanol–water partition coefficient (Wildman–Crippen LogP) is 3.99. The molecule has 162 valence electrons. The highest BCUT2D eigenvalue weighted by molar-refractivity contribution is 7.91. The second-order valence-corrected chi connectivity index (χ2v) is 9.80. The van der Waals surface area contributed by atoms with Crippen LogP contribution in [0, 0.1) is 11.6 Å². The quantitative estimate of drug-likeness (QED) is 0.630. The molecule has 5 nitrogen and oxygen atoms in total. The molecule has 1 aliphatic rings. The van der Waals surface area contributed by atoms with Crippen LogP contribution in [-0.4, -0.2) is 42.9 Å². The van der Waals surface area contributed by atoms with E-state index in [0.717, 1.165) is 0 Å². The molecule has 0 aliphatic carbocycles. The van der Waals surface area contributed by atoms with Gasteiger partial charge < -0.3 is 9.64 Å². The summed E-state index contributed by atoms with van der Waals surface area (Å²) in [4.78, 5) is 14.6. The fraction of sp³-hybridized carbons (Fsp3) is 0.381. The van der Waals surface area contributed by atoms with E-state index in [4.69, 9.17) is 16.3 Å². The molecule has 0 aromatic heterocycles. The van der Waals surface area contributed by atoms with Crippen molar-refractivity contribution in [1.82, 2.24) is 4.90 Å². The number of nitrogens with zero attached hydrogens (tertiary/aromatic N) is 1. The first-order valence-corrected chi connectivity index (χ1v) is 11.8. The second kappa shape index (κ2) is 9.31. The molecule has 0 N–H and O–H groups in total. The van der Waals surface area contributed by atoms with Crippen LogP contribution in [0.5, 0.6) is 5.75 Å². The van der Waals surface area contributed by atoms with Gasteiger partial charge in [-0.25, -0.2) is 17.2 Å². The van der Waals surface area contributed by atoms with Crippen molar-refractivity contribution in [2.45, 2.75) is 38.5 Å². The van der Waals surface area contributed by atoms with Crippen LogP contribution in [0.3, 0.4) is 0 Å². The maximum absolute atomic E-state index is 14.4. The molecule has 2 aromatic rings. The molecule has 2 aromatic carbocycles. The highest BCUT2D eigenvalue weighted by atomic mass is 35.5. The first kappa shape index (κ1) is 22.5. The third kappa shape index (κ3) is 5.10. The Hall–Kier alpha value is -2.19. The van der Waals surface area contributed by atoms with Crippen molar-refractivity contribution in [1.29, 1.82) is 0 Å². The number of sulfone groups is 1. The number of carbonyl (C=O) groups excluding carboxylic acids is 1. The van der Waals surface area contributed by atoms with Crippen LogP contribution in [0.1, 0.15) is 25.3 Å². The lowest BCUT2D eigenvalue weighted by atomic mass is 10.1. The van der Waals surface area contributed by atoms with Crippen LogP contribution in [0.25, 0.3) is 0 Å². The summed E-state index contributed by atoms with van der Waals surface area (Å²) >= 11 is 6.13. The summed E-state index contributed by atoms with van der Waals surface area (Å²) in [6, 6.07) is 9.23. The first-order chi connectivity index (χ1) is 14.2. The van der Waals surface area contributed by atoms with E-state index in [2.05, 4.69) is 0 Å². The minimum atomic E-state index is -3.31. The number of halogens is 3. The molecule has 3 rings (SSSR count). The minimum Gasteiger partial charge on any atom is -0.478 e. The van der Waals surface area contributed by atoms with Crippen molar-refractivity contribution < 1.29 is 26.7 Å². The lowest BCUT2D eigenvalue weighted by Gasteiger charge is -2.32. The van der Waals surface area contributed by atoms with Gasteiger partial charge in [-0.2, -0.15) is 0 Å². The zero-order valence-corrected chi connectivity index (χ0v) is 17.9. The van der Waals surface area contributed by atoms with Gasteiger partial charge >= 0.3 is 0 Å². The van der Waals surface area contributed by atoms with E-state index in [9.17, 15) is 22.0 Å². The van der Waals surface area contributed by atoms with E-state index in [1.54, 1.807) is 13.0 Å². The Balaban J connectivity index is 1.92. The van der Waals surface area contributed by atoms with Gasteiger partial charge in [0.15, 0.2) is 27.5 Å². The topological polar surface area (TPSA) is 63.7 Å². The third-order valence-electron chi connectivity index (χ3n) is 5.07. The molecule has 2 atom stereocenters. The van der Waals surface area contributed by atoms with Crippen molar-refractivity contribution in [3.05, 3.63) is 64.7 Å². The molecule has 1 heterocycles. The average molecular weight is 458 g/mol. The van der Waals surface area contributed by atoms with Gasteiger partial charge in [0.1, 0.15) is 5.82 Å². The summed E-state index contributed by atoms with van der Waals surface area (Å²) in [6.45, 7) is 1.49. The predicted molar refractivity (Wildman–Crippen MR) is 110 cm³/mol. The highest BCUT2D eigenvalue weighted by Crippen LogP contribution is 2.27. The fourth-order valence-electron chi connectivity index (χ4n) is 3.45. The smallest absolute Gasteiger partial charge is 0.264 e. The van der Waals surface area contributed by atoms with Crippen LogP contribution in [0.4, 0.5) is 8.78 Å². The number of hydrogen-bond donors (Lipinski definition) is 0. The Morgan fingerprint density at radius 2 is 1.90 bits per heavy atom. The Kier molecular flexibility index (Phi) is 6.98. The highest BCUT2D eigenvalue weighted by Gasteiger charge is 2.38. The maximum Gasteiger partial charge on any atom is 0.264 e. The van der Waals surface area contributed by atoms with Crippen LogP contribution in [-0.2, 0) is 21.2 Å². The molecule has 1 fully saturated rings. The number of rotatable bonds is 7. The molecule has 1 amide bonds. The molecule has 0 bridgehead atoms. The van der Waals surface area contributed by atoms with Gasteiger partial charge in [-0.05, 0) is 37.1 Å². The average Bonchev–Trinajstić information content (AvgIpc) is 3.06. The second-order valence-electron chi connectivity index (χ2n) is 7.17. The van der Waals surface area contributed by atoms with Gasteiger partial charge in [0.05, 0.1) is 18.1 Å². The molecule has 0 spiro atoms. The molecule has 0 unspecified atom stereocenters. The molecule has 0 radical (unpaired) electrons. The van der Waals surface area contributed by atoms with Crippen molar-refractivity contribution in [3.8, 4) is 5.75 Å².